The zero-order valence-corrected chi connectivity index (χ0v) is 11.5. The molecule has 0 aromatic heterocycles. The second-order valence-electron chi connectivity index (χ2n) is 6.16. The molecule has 2 aliphatic rings. The van der Waals surface area contributed by atoms with E-state index in [4.69, 9.17) is 4.74 Å². The van der Waals surface area contributed by atoms with Crippen molar-refractivity contribution in [2.45, 2.75) is 33.1 Å². The fraction of sp³-hybridized carbons (Fsp3) is 0.929. The summed E-state index contributed by atoms with van der Waals surface area (Å²) < 4.78 is 5.37. The smallest absolute Gasteiger partial charge is 0.311 e. The monoisotopic (exact) mass is 255 g/mol. The van der Waals surface area contributed by atoms with Gasteiger partial charge in [0, 0.05) is 26.3 Å². The third-order valence-electron chi connectivity index (χ3n) is 4.77. The molecule has 1 unspecified atom stereocenters. The highest BCUT2D eigenvalue weighted by Gasteiger charge is 2.47. The van der Waals surface area contributed by atoms with Crippen LogP contribution in [0.4, 0.5) is 0 Å². The number of likely N-dealkylation sites (tertiary alicyclic amines) is 1. The Morgan fingerprint density at radius 2 is 2.11 bits per heavy atom. The van der Waals surface area contributed by atoms with Crippen LogP contribution < -0.4 is 0 Å². The summed E-state index contributed by atoms with van der Waals surface area (Å²) in [5, 5.41) is 9.51. The molecule has 0 aromatic carbocycles. The number of carboxylic acid groups (broad SMARTS) is 1. The van der Waals surface area contributed by atoms with E-state index in [9.17, 15) is 9.90 Å². The lowest BCUT2D eigenvalue weighted by Crippen LogP contribution is -2.40. The number of carbonyl (C=O) groups is 1. The van der Waals surface area contributed by atoms with Gasteiger partial charge in [0.2, 0.25) is 0 Å². The molecule has 0 radical (unpaired) electrons. The van der Waals surface area contributed by atoms with Crippen molar-refractivity contribution in [3.05, 3.63) is 0 Å². The number of nitrogens with zero attached hydrogens (tertiary/aromatic N) is 1. The van der Waals surface area contributed by atoms with E-state index in [1.807, 2.05) is 13.8 Å². The molecule has 4 heteroatoms. The Balaban J connectivity index is 1.92. The Hall–Kier alpha value is -0.610. The van der Waals surface area contributed by atoms with Crippen LogP contribution in [-0.4, -0.2) is 48.8 Å². The van der Waals surface area contributed by atoms with Crippen LogP contribution in [0.25, 0.3) is 0 Å². The van der Waals surface area contributed by atoms with Crippen molar-refractivity contribution in [1.82, 2.24) is 4.90 Å². The number of aliphatic carboxylic acids is 1. The Morgan fingerprint density at radius 3 is 2.61 bits per heavy atom. The molecule has 0 aliphatic carbocycles. The fourth-order valence-electron chi connectivity index (χ4n) is 3.26. The van der Waals surface area contributed by atoms with Crippen LogP contribution in [-0.2, 0) is 9.53 Å². The first-order chi connectivity index (χ1) is 8.54. The van der Waals surface area contributed by atoms with Crippen molar-refractivity contribution >= 4 is 5.97 Å². The van der Waals surface area contributed by atoms with Gasteiger partial charge >= 0.3 is 5.97 Å². The van der Waals surface area contributed by atoms with Gasteiger partial charge in [-0.2, -0.15) is 0 Å². The van der Waals surface area contributed by atoms with Crippen molar-refractivity contribution in [3.8, 4) is 0 Å². The second kappa shape index (κ2) is 5.57. The van der Waals surface area contributed by atoms with Crippen molar-refractivity contribution in [2.75, 3.05) is 32.8 Å². The van der Waals surface area contributed by atoms with Gasteiger partial charge in [0.15, 0.2) is 0 Å². The Labute approximate surface area is 109 Å². The highest BCUT2D eigenvalue weighted by molar-refractivity contribution is 5.75. The number of hydrogen-bond donors (Lipinski definition) is 1. The third-order valence-corrected chi connectivity index (χ3v) is 4.77. The minimum absolute atomic E-state index is 0.203. The van der Waals surface area contributed by atoms with E-state index in [-0.39, 0.29) is 5.92 Å². The first-order valence-electron chi connectivity index (χ1n) is 7.08. The van der Waals surface area contributed by atoms with Crippen LogP contribution in [0.2, 0.25) is 0 Å². The lowest BCUT2D eigenvalue weighted by molar-refractivity contribution is -0.151. The molecule has 0 bridgehead atoms. The van der Waals surface area contributed by atoms with Crippen molar-refractivity contribution in [2.24, 2.45) is 17.3 Å². The highest BCUT2D eigenvalue weighted by Crippen LogP contribution is 2.38. The van der Waals surface area contributed by atoms with E-state index in [2.05, 4.69) is 4.90 Å². The van der Waals surface area contributed by atoms with E-state index in [0.717, 1.165) is 52.1 Å². The zero-order chi connectivity index (χ0) is 13.2. The molecule has 2 heterocycles. The first-order valence-corrected chi connectivity index (χ1v) is 7.08. The number of carboxylic acids is 1. The Bertz CT molecular complexity index is 299. The van der Waals surface area contributed by atoms with E-state index >= 15 is 0 Å². The lowest BCUT2D eigenvalue weighted by atomic mass is 9.76. The molecule has 0 amide bonds. The highest BCUT2D eigenvalue weighted by atomic mass is 16.5. The van der Waals surface area contributed by atoms with Gasteiger partial charge in [0.1, 0.15) is 0 Å². The van der Waals surface area contributed by atoms with E-state index in [0.29, 0.717) is 5.92 Å². The first kappa shape index (κ1) is 13.8. The third kappa shape index (κ3) is 2.69. The summed E-state index contributed by atoms with van der Waals surface area (Å²) >= 11 is 0. The molecule has 2 fully saturated rings. The fourth-order valence-corrected chi connectivity index (χ4v) is 3.26. The molecule has 1 atom stereocenters. The Kier molecular flexibility index (Phi) is 4.28. The van der Waals surface area contributed by atoms with Gasteiger partial charge in [0.25, 0.3) is 0 Å². The molecule has 2 saturated heterocycles. The zero-order valence-electron chi connectivity index (χ0n) is 11.5. The van der Waals surface area contributed by atoms with Gasteiger partial charge in [-0.25, -0.2) is 0 Å². The van der Waals surface area contributed by atoms with E-state index in [1.165, 1.54) is 0 Å². The summed E-state index contributed by atoms with van der Waals surface area (Å²) in [7, 11) is 0. The molecule has 18 heavy (non-hydrogen) atoms. The molecule has 104 valence electrons. The second-order valence-corrected chi connectivity index (χ2v) is 6.16. The maximum absolute atomic E-state index is 11.6. The molecule has 2 aliphatic heterocycles. The maximum Gasteiger partial charge on any atom is 0.311 e. The SMILES string of the molecule is CC(C)C1(C(=O)O)CCN(CC2CCOCC2)C1. The predicted molar refractivity (Wildman–Crippen MR) is 69.5 cm³/mol. The molecular weight excluding hydrogens is 230 g/mol. The Morgan fingerprint density at radius 1 is 1.44 bits per heavy atom. The van der Waals surface area contributed by atoms with Crippen LogP contribution in [0.3, 0.4) is 0 Å². The lowest BCUT2D eigenvalue weighted by Gasteiger charge is -2.31. The number of hydrogen-bond acceptors (Lipinski definition) is 3. The normalized spacial score (nSPS) is 31.1. The van der Waals surface area contributed by atoms with E-state index < -0.39 is 11.4 Å². The quantitative estimate of drug-likeness (QED) is 0.833. The summed E-state index contributed by atoms with van der Waals surface area (Å²) in [6.07, 6.45) is 3.04. The van der Waals surface area contributed by atoms with E-state index in [1.54, 1.807) is 0 Å². The van der Waals surface area contributed by atoms with Gasteiger partial charge in [-0.3, -0.25) is 4.79 Å². The standard InChI is InChI=1S/C14H25NO3/c1-11(2)14(13(16)17)5-6-15(10-14)9-12-3-7-18-8-4-12/h11-12H,3-10H2,1-2H3,(H,16,17). The molecule has 4 nitrogen and oxygen atoms in total. The van der Waals surface area contributed by atoms with Crippen LogP contribution in [0.5, 0.6) is 0 Å². The average Bonchev–Trinajstić information content (AvgIpc) is 2.76. The predicted octanol–water partition coefficient (Wildman–Crippen LogP) is 1.85. The summed E-state index contributed by atoms with van der Waals surface area (Å²) in [6, 6.07) is 0. The van der Waals surface area contributed by atoms with Crippen molar-refractivity contribution in [1.29, 1.82) is 0 Å². The van der Waals surface area contributed by atoms with Crippen molar-refractivity contribution < 1.29 is 14.6 Å². The molecule has 0 saturated carbocycles. The largest absolute Gasteiger partial charge is 0.481 e. The minimum atomic E-state index is -0.619. The van der Waals surface area contributed by atoms with Gasteiger partial charge in [0.05, 0.1) is 5.41 Å². The summed E-state index contributed by atoms with van der Waals surface area (Å²) in [5.74, 6) is 0.275. The minimum Gasteiger partial charge on any atom is -0.481 e. The van der Waals surface area contributed by atoms with Crippen LogP contribution in [0.15, 0.2) is 0 Å². The molecule has 2 rings (SSSR count). The van der Waals surface area contributed by atoms with Gasteiger partial charge in [-0.1, -0.05) is 13.8 Å². The van der Waals surface area contributed by atoms with Crippen LogP contribution in [0, 0.1) is 17.3 Å². The maximum atomic E-state index is 11.6. The van der Waals surface area contributed by atoms with Gasteiger partial charge in [-0.05, 0) is 37.6 Å². The summed E-state index contributed by atoms with van der Waals surface area (Å²) in [5.41, 5.74) is -0.523. The molecule has 1 N–H and O–H groups in total. The summed E-state index contributed by atoms with van der Waals surface area (Å²) in [6.45, 7) is 8.50. The topological polar surface area (TPSA) is 49.8 Å². The molecule has 0 spiro atoms. The van der Waals surface area contributed by atoms with Gasteiger partial charge in [-0.15, -0.1) is 0 Å². The average molecular weight is 255 g/mol. The number of rotatable bonds is 4. The van der Waals surface area contributed by atoms with Crippen molar-refractivity contribution in [3.63, 3.8) is 0 Å². The van der Waals surface area contributed by atoms with Crippen LogP contribution in [0.1, 0.15) is 33.1 Å². The van der Waals surface area contributed by atoms with Crippen LogP contribution >= 0.6 is 0 Å². The number of ether oxygens (including phenoxy) is 1. The summed E-state index contributed by atoms with van der Waals surface area (Å²) in [4.78, 5) is 13.9. The molecule has 0 aromatic rings. The van der Waals surface area contributed by atoms with Gasteiger partial charge < -0.3 is 14.7 Å². The molecular formula is C14H25NO3.